The summed E-state index contributed by atoms with van der Waals surface area (Å²) in [5.74, 6) is 0.505. The molecule has 0 fully saturated rings. The number of benzene rings is 1. The zero-order chi connectivity index (χ0) is 14.2. The Bertz CT molecular complexity index is 662. The molecule has 2 nitrogen and oxygen atoms in total. The fourth-order valence-corrected chi connectivity index (χ4v) is 4.15. The summed E-state index contributed by atoms with van der Waals surface area (Å²) < 4.78 is 0. The van der Waals surface area contributed by atoms with Gasteiger partial charge in [-0.15, -0.1) is 0 Å². The Hall–Kier alpha value is -1.67. The van der Waals surface area contributed by atoms with Gasteiger partial charge >= 0.3 is 0 Å². The third kappa shape index (κ3) is 2.18. The molecule has 4 rings (SSSR count). The molecule has 0 radical (unpaired) electrons. The molecule has 2 atom stereocenters. The van der Waals surface area contributed by atoms with E-state index >= 15 is 0 Å². The minimum Gasteiger partial charge on any atom is -0.312 e. The van der Waals surface area contributed by atoms with Crippen molar-refractivity contribution in [2.45, 2.75) is 44.1 Å². The van der Waals surface area contributed by atoms with Gasteiger partial charge in [0.15, 0.2) is 0 Å². The number of rotatable bonds is 3. The lowest BCUT2D eigenvalue weighted by Crippen LogP contribution is -2.23. The summed E-state index contributed by atoms with van der Waals surface area (Å²) in [4.78, 5) is 4.67. The minimum absolute atomic E-state index is 0.382. The maximum atomic E-state index is 4.67. The van der Waals surface area contributed by atoms with Crippen molar-refractivity contribution in [1.29, 1.82) is 0 Å². The van der Waals surface area contributed by atoms with Crippen molar-refractivity contribution in [1.82, 2.24) is 10.3 Å². The van der Waals surface area contributed by atoms with Crippen LogP contribution in [-0.2, 0) is 19.3 Å². The molecule has 0 amide bonds. The molecule has 2 unspecified atom stereocenters. The fraction of sp³-hybridized carbons (Fsp3) is 0.421. The predicted octanol–water partition coefficient (Wildman–Crippen LogP) is 3.56. The van der Waals surface area contributed by atoms with Crippen LogP contribution in [0.3, 0.4) is 0 Å². The van der Waals surface area contributed by atoms with Gasteiger partial charge in [0.25, 0.3) is 0 Å². The van der Waals surface area contributed by atoms with E-state index in [1.165, 1.54) is 42.5 Å². The lowest BCUT2D eigenvalue weighted by molar-refractivity contribution is 0.470. The number of hydrogen-bond acceptors (Lipinski definition) is 2. The van der Waals surface area contributed by atoms with Gasteiger partial charge < -0.3 is 5.32 Å². The van der Waals surface area contributed by atoms with Gasteiger partial charge in [0, 0.05) is 23.9 Å². The van der Waals surface area contributed by atoms with Gasteiger partial charge in [0.05, 0.1) is 0 Å². The Balaban J connectivity index is 1.70. The second-order valence-electron chi connectivity index (χ2n) is 6.34. The molecule has 21 heavy (non-hydrogen) atoms. The highest BCUT2D eigenvalue weighted by Gasteiger charge is 2.31. The second-order valence-corrected chi connectivity index (χ2v) is 6.34. The number of pyridine rings is 1. The lowest BCUT2D eigenvalue weighted by atomic mass is 9.89. The van der Waals surface area contributed by atoms with Crippen LogP contribution in [0, 0.1) is 0 Å². The summed E-state index contributed by atoms with van der Waals surface area (Å²) in [7, 11) is 2.08. The highest BCUT2D eigenvalue weighted by atomic mass is 14.9. The molecule has 0 bridgehead atoms. The van der Waals surface area contributed by atoms with Crippen molar-refractivity contribution in [2.75, 3.05) is 7.05 Å². The van der Waals surface area contributed by atoms with Crippen molar-refractivity contribution >= 4 is 0 Å². The van der Waals surface area contributed by atoms with Crippen LogP contribution >= 0.6 is 0 Å². The maximum Gasteiger partial charge on any atom is 0.0485 e. The predicted molar refractivity (Wildman–Crippen MR) is 85.6 cm³/mol. The average Bonchev–Trinajstić information content (AvgIpc) is 3.15. The molecule has 2 aliphatic carbocycles. The SMILES string of the molecule is CNC(c1ccc2c(c1)CCC2)C1CCc2cccnc21. The average molecular weight is 278 g/mol. The molecular weight excluding hydrogens is 256 g/mol. The molecule has 2 aliphatic rings. The molecule has 2 aromatic rings. The molecular formula is C19H22N2. The molecule has 2 heteroatoms. The van der Waals surface area contributed by atoms with Crippen molar-refractivity contribution in [2.24, 2.45) is 0 Å². The monoisotopic (exact) mass is 278 g/mol. The first kappa shape index (κ1) is 13.0. The van der Waals surface area contributed by atoms with Crippen LogP contribution in [0.2, 0.25) is 0 Å². The standard InChI is InChI=1S/C19H22N2/c1-20-18(16-8-7-13-4-2-5-15(13)12-16)17-10-9-14-6-3-11-21-19(14)17/h3,6-8,11-12,17-18,20H,2,4-5,9-10H2,1H3. The summed E-state index contributed by atoms with van der Waals surface area (Å²) in [6, 6.07) is 11.8. The number of nitrogens with zero attached hydrogens (tertiary/aromatic N) is 1. The Morgan fingerprint density at radius 2 is 2.00 bits per heavy atom. The van der Waals surface area contributed by atoms with Crippen LogP contribution in [0.15, 0.2) is 36.5 Å². The molecule has 1 aromatic carbocycles. The van der Waals surface area contributed by atoms with E-state index in [1.54, 1.807) is 11.1 Å². The number of nitrogens with one attached hydrogen (secondary N) is 1. The molecule has 1 heterocycles. The summed E-state index contributed by atoms with van der Waals surface area (Å²) in [5.41, 5.74) is 7.29. The molecule has 108 valence electrons. The Morgan fingerprint density at radius 1 is 1.10 bits per heavy atom. The first-order chi connectivity index (χ1) is 10.4. The van der Waals surface area contributed by atoms with Crippen LogP contribution in [0.25, 0.3) is 0 Å². The Labute approximate surface area is 126 Å². The van der Waals surface area contributed by atoms with E-state index in [-0.39, 0.29) is 0 Å². The molecule has 0 saturated carbocycles. The van der Waals surface area contributed by atoms with E-state index < -0.39 is 0 Å². The third-order valence-corrected chi connectivity index (χ3v) is 5.20. The number of likely N-dealkylation sites (N-methyl/N-ethyl adjacent to an activating group) is 1. The van der Waals surface area contributed by atoms with Crippen LogP contribution < -0.4 is 5.32 Å². The van der Waals surface area contributed by atoms with Gasteiger partial charge in [0.2, 0.25) is 0 Å². The Morgan fingerprint density at radius 3 is 2.90 bits per heavy atom. The number of aromatic nitrogens is 1. The van der Waals surface area contributed by atoms with E-state index in [0.29, 0.717) is 12.0 Å². The topological polar surface area (TPSA) is 24.9 Å². The first-order valence-electron chi connectivity index (χ1n) is 8.09. The van der Waals surface area contributed by atoms with Gasteiger partial charge in [0.1, 0.15) is 0 Å². The van der Waals surface area contributed by atoms with E-state index in [4.69, 9.17) is 0 Å². The molecule has 0 aliphatic heterocycles. The van der Waals surface area contributed by atoms with Crippen molar-refractivity contribution in [3.8, 4) is 0 Å². The fourth-order valence-electron chi connectivity index (χ4n) is 4.15. The quantitative estimate of drug-likeness (QED) is 0.928. The van der Waals surface area contributed by atoms with Gasteiger partial charge in [-0.05, 0) is 67.5 Å². The molecule has 1 aromatic heterocycles. The zero-order valence-corrected chi connectivity index (χ0v) is 12.6. The highest BCUT2D eigenvalue weighted by molar-refractivity contribution is 5.39. The van der Waals surface area contributed by atoms with Gasteiger partial charge in [-0.3, -0.25) is 4.98 Å². The minimum atomic E-state index is 0.382. The van der Waals surface area contributed by atoms with E-state index in [0.717, 1.165) is 6.42 Å². The first-order valence-corrected chi connectivity index (χ1v) is 8.09. The molecule has 0 saturated heterocycles. The second kappa shape index (κ2) is 5.27. The molecule has 0 spiro atoms. The maximum absolute atomic E-state index is 4.67. The number of hydrogen-bond donors (Lipinski definition) is 1. The van der Waals surface area contributed by atoms with E-state index in [2.05, 4.69) is 47.7 Å². The smallest absolute Gasteiger partial charge is 0.0485 e. The lowest BCUT2D eigenvalue weighted by Gasteiger charge is -2.24. The zero-order valence-electron chi connectivity index (χ0n) is 12.6. The normalized spacial score (nSPS) is 21.1. The van der Waals surface area contributed by atoms with Crippen molar-refractivity contribution < 1.29 is 0 Å². The van der Waals surface area contributed by atoms with Crippen molar-refractivity contribution in [3.05, 3.63) is 64.5 Å². The molecule has 1 N–H and O–H groups in total. The summed E-state index contributed by atoms with van der Waals surface area (Å²) >= 11 is 0. The van der Waals surface area contributed by atoms with Gasteiger partial charge in [-0.2, -0.15) is 0 Å². The van der Waals surface area contributed by atoms with Gasteiger partial charge in [-0.1, -0.05) is 24.3 Å². The van der Waals surface area contributed by atoms with Crippen LogP contribution in [0.1, 0.15) is 52.7 Å². The summed E-state index contributed by atoms with van der Waals surface area (Å²) in [6.45, 7) is 0. The van der Waals surface area contributed by atoms with Crippen LogP contribution in [0.4, 0.5) is 0 Å². The number of fused-ring (bicyclic) bond motifs is 2. The van der Waals surface area contributed by atoms with Crippen LogP contribution in [-0.4, -0.2) is 12.0 Å². The van der Waals surface area contributed by atoms with E-state index in [1.807, 2.05) is 6.20 Å². The van der Waals surface area contributed by atoms with Crippen molar-refractivity contribution in [3.63, 3.8) is 0 Å². The third-order valence-electron chi connectivity index (χ3n) is 5.20. The Kier molecular flexibility index (Phi) is 3.27. The van der Waals surface area contributed by atoms with E-state index in [9.17, 15) is 0 Å². The van der Waals surface area contributed by atoms with Crippen LogP contribution in [0.5, 0.6) is 0 Å². The highest BCUT2D eigenvalue weighted by Crippen LogP contribution is 2.41. The van der Waals surface area contributed by atoms with Gasteiger partial charge in [-0.25, -0.2) is 0 Å². The number of aryl methyl sites for hydroxylation is 3. The summed E-state index contributed by atoms with van der Waals surface area (Å²) in [6.07, 6.45) is 8.13. The summed E-state index contributed by atoms with van der Waals surface area (Å²) in [5, 5.41) is 3.55. The largest absolute Gasteiger partial charge is 0.312 e.